The molecule has 0 aromatic heterocycles. The molecule has 0 aliphatic rings. The minimum Gasteiger partial charge on any atom is -0.452 e. The summed E-state index contributed by atoms with van der Waals surface area (Å²) in [6.07, 6.45) is 0. The Hall–Kier alpha value is -2.40. The van der Waals surface area contributed by atoms with Crippen LogP contribution in [0.5, 0.6) is 0 Å². The molecular formula is C18H17ClFNO3. The highest BCUT2D eigenvalue weighted by molar-refractivity contribution is 6.30. The van der Waals surface area contributed by atoms with Crippen molar-refractivity contribution in [2.24, 2.45) is 0 Å². The number of aryl methyl sites for hydroxylation is 1. The summed E-state index contributed by atoms with van der Waals surface area (Å²) in [5.41, 5.74) is 1.37. The van der Waals surface area contributed by atoms with Gasteiger partial charge in [0.05, 0.1) is 11.6 Å². The number of carbonyl (C=O) groups is 2. The second-order valence-corrected chi connectivity index (χ2v) is 5.82. The lowest BCUT2D eigenvalue weighted by Crippen LogP contribution is -2.31. The molecule has 2 aromatic rings. The summed E-state index contributed by atoms with van der Waals surface area (Å²) in [7, 11) is 0. The molecule has 0 saturated carbocycles. The zero-order valence-electron chi connectivity index (χ0n) is 13.3. The molecule has 0 aliphatic carbocycles. The van der Waals surface area contributed by atoms with Crippen molar-refractivity contribution in [2.45, 2.75) is 19.9 Å². The lowest BCUT2D eigenvalue weighted by Gasteiger charge is -2.14. The largest absolute Gasteiger partial charge is 0.452 e. The highest BCUT2D eigenvalue weighted by Crippen LogP contribution is 2.16. The van der Waals surface area contributed by atoms with E-state index < -0.39 is 24.3 Å². The van der Waals surface area contributed by atoms with Gasteiger partial charge in [-0.05, 0) is 49.2 Å². The topological polar surface area (TPSA) is 55.4 Å². The molecule has 0 radical (unpaired) electrons. The van der Waals surface area contributed by atoms with Gasteiger partial charge in [-0.3, -0.25) is 4.79 Å². The maximum Gasteiger partial charge on any atom is 0.338 e. The summed E-state index contributed by atoms with van der Waals surface area (Å²) in [6.45, 7) is 2.96. The highest BCUT2D eigenvalue weighted by atomic mass is 35.5. The van der Waals surface area contributed by atoms with Crippen LogP contribution in [0.3, 0.4) is 0 Å². The van der Waals surface area contributed by atoms with Gasteiger partial charge in [0.1, 0.15) is 5.82 Å². The maximum absolute atomic E-state index is 13.4. The third kappa shape index (κ3) is 4.80. The summed E-state index contributed by atoms with van der Waals surface area (Å²) in [5.74, 6) is -1.69. The van der Waals surface area contributed by atoms with Gasteiger partial charge in [-0.15, -0.1) is 0 Å². The van der Waals surface area contributed by atoms with Crippen molar-refractivity contribution >= 4 is 23.5 Å². The molecule has 2 aromatic carbocycles. The van der Waals surface area contributed by atoms with Crippen LogP contribution in [0.2, 0.25) is 5.02 Å². The first-order chi connectivity index (χ1) is 11.4. The van der Waals surface area contributed by atoms with Crippen molar-refractivity contribution < 1.29 is 18.7 Å². The fourth-order valence-electron chi connectivity index (χ4n) is 2.05. The Morgan fingerprint density at radius 1 is 1.21 bits per heavy atom. The first-order valence-corrected chi connectivity index (χ1v) is 7.72. The summed E-state index contributed by atoms with van der Waals surface area (Å²) in [6, 6.07) is 10.8. The Balaban J connectivity index is 1.87. The fraction of sp³-hybridized carbons (Fsp3) is 0.222. The predicted octanol–water partition coefficient (Wildman–Crippen LogP) is 3.82. The van der Waals surface area contributed by atoms with Crippen molar-refractivity contribution in [2.75, 3.05) is 6.61 Å². The minimum absolute atomic E-state index is 0.0663. The third-order valence-corrected chi connectivity index (χ3v) is 3.74. The van der Waals surface area contributed by atoms with Gasteiger partial charge in [0, 0.05) is 5.02 Å². The van der Waals surface area contributed by atoms with Crippen LogP contribution in [0, 0.1) is 12.7 Å². The van der Waals surface area contributed by atoms with Gasteiger partial charge in [-0.2, -0.15) is 0 Å². The second kappa shape index (κ2) is 7.93. The van der Waals surface area contributed by atoms with E-state index in [9.17, 15) is 14.0 Å². The Bertz CT molecular complexity index is 746. The zero-order chi connectivity index (χ0) is 17.7. The molecule has 0 bridgehead atoms. The Morgan fingerprint density at radius 3 is 2.50 bits per heavy atom. The van der Waals surface area contributed by atoms with Crippen LogP contribution in [-0.2, 0) is 9.53 Å². The van der Waals surface area contributed by atoms with Gasteiger partial charge in [-0.1, -0.05) is 29.8 Å². The maximum atomic E-state index is 13.4. The molecule has 0 unspecified atom stereocenters. The SMILES string of the molecule is Cc1ccc(C(=O)OCC(=O)N[C@H](C)c2ccc(Cl)cc2)cc1F. The van der Waals surface area contributed by atoms with E-state index in [1.165, 1.54) is 12.1 Å². The number of benzene rings is 2. The van der Waals surface area contributed by atoms with Gasteiger partial charge in [-0.25, -0.2) is 9.18 Å². The van der Waals surface area contributed by atoms with Gasteiger partial charge in [0.25, 0.3) is 5.91 Å². The minimum atomic E-state index is -0.747. The van der Waals surface area contributed by atoms with Gasteiger partial charge < -0.3 is 10.1 Å². The van der Waals surface area contributed by atoms with E-state index >= 15 is 0 Å². The van der Waals surface area contributed by atoms with Crippen LogP contribution in [-0.4, -0.2) is 18.5 Å². The molecule has 24 heavy (non-hydrogen) atoms. The zero-order valence-corrected chi connectivity index (χ0v) is 14.1. The monoisotopic (exact) mass is 349 g/mol. The molecule has 0 spiro atoms. The average Bonchev–Trinajstić information content (AvgIpc) is 2.55. The fourth-order valence-corrected chi connectivity index (χ4v) is 2.18. The van der Waals surface area contributed by atoms with Gasteiger partial charge >= 0.3 is 5.97 Å². The van der Waals surface area contributed by atoms with Crippen LogP contribution in [0.1, 0.15) is 34.5 Å². The number of rotatable bonds is 5. The van der Waals surface area contributed by atoms with Crippen molar-refractivity contribution in [3.63, 3.8) is 0 Å². The average molecular weight is 350 g/mol. The number of hydrogen-bond acceptors (Lipinski definition) is 3. The number of nitrogens with one attached hydrogen (secondary N) is 1. The number of ether oxygens (including phenoxy) is 1. The summed E-state index contributed by atoms with van der Waals surface area (Å²) in [4.78, 5) is 23.7. The second-order valence-electron chi connectivity index (χ2n) is 5.38. The first-order valence-electron chi connectivity index (χ1n) is 7.35. The molecule has 0 saturated heterocycles. The van der Waals surface area contributed by atoms with E-state index in [2.05, 4.69) is 5.32 Å². The quantitative estimate of drug-likeness (QED) is 0.835. The normalized spacial score (nSPS) is 11.7. The number of halogens is 2. The predicted molar refractivity (Wildman–Crippen MR) is 89.4 cm³/mol. The number of carbonyl (C=O) groups excluding carboxylic acids is 2. The summed E-state index contributed by atoms with van der Waals surface area (Å²) < 4.78 is 18.3. The van der Waals surface area contributed by atoms with E-state index in [-0.39, 0.29) is 11.6 Å². The van der Waals surface area contributed by atoms with Crippen LogP contribution >= 0.6 is 11.6 Å². The van der Waals surface area contributed by atoms with E-state index in [0.29, 0.717) is 10.6 Å². The molecule has 1 N–H and O–H groups in total. The van der Waals surface area contributed by atoms with E-state index in [4.69, 9.17) is 16.3 Å². The van der Waals surface area contributed by atoms with Crippen LogP contribution < -0.4 is 5.32 Å². The Labute approximate surface area is 144 Å². The smallest absolute Gasteiger partial charge is 0.338 e. The summed E-state index contributed by atoms with van der Waals surface area (Å²) >= 11 is 5.81. The molecule has 1 amide bonds. The van der Waals surface area contributed by atoms with Crippen molar-refractivity contribution in [3.05, 3.63) is 70.0 Å². The van der Waals surface area contributed by atoms with E-state index in [1.807, 2.05) is 0 Å². The lowest BCUT2D eigenvalue weighted by molar-refractivity contribution is -0.124. The van der Waals surface area contributed by atoms with E-state index in [0.717, 1.165) is 11.6 Å². The van der Waals surface area contributed by atoms with Crippen LogP contribution in [0.25, 0.3) is 0 Å². The molecule has 0 aliphatic heterocycles. The van der Waals surface area contributed by atoms with Crippen molar-refractivity contribution in [3.8, 4) is 0 Å². The van der Waals surface area contributed by atoms with Crippen molar-refractivity contribution in [1.29, 1.82) is 0 Å². The molecule has 6 heteroatoms. The standard InChI is InChI=1S/C18H17ClFNO3/c1-11-3-4-14(9-16(11)20)18(23)24-10-17(22)21-12(2)13-5-7-15(19)8-6-13/h3-9,12H,10H2,1-2H3,(H,21,22)/t12-/m1/s1. The molecule has 0 heterocycles. The molecule has 1 atom stereocenters. The molecule has 126 valence electrons. The molecular weight excluding hydrogens is 333 g/mol. The van der Waals surface area contributed by atoms with Crippen LogP contribution in [0.4, 0.5) is 4.39 Å². The third-order valence-electron chi connectivity index (χ3n) is 3.49. The molecule has 2 rings (SSSR count). The molecule has 0 fully saturated rings. The molecule has 4 nitrogen and oxygen atoms in total. The number of hydrogen-bond donors (Lipinski definition) is 1. The Kier molecular flexibility index (Phi) is 5.93. The number of amides is 1. The lowest BCUT2D eigenvalue weighted by atomic mass is 10.1. The van der Waals surface area contributed by atoms with Crippen molar-refractivity contribution in [1.82, 2.24) is 5.32 Å². The van der Waals surface area contributed by atoms with Gasteiger partial charge in [0.2, 0.25) is 0 Å². The first kappa shape index (κ1) is 17.9. The van der Waals surface area contributed by atoms with Gasteiger partial charge in [0.15, 0.2) is 6.61 Å². The van der Waals surface area contributed by atoms with E-state index in [1.54, 1.807) is 38.1 Å². The van der Waals surface area contributed by atoms with Crippen LogP contribution in [0.15, 0.2) is 42.5 Å². The number of esters is 1. The summed E-state index contributed by atoms with van der Waals surface area (Å²) in [5, 5.41) is 3.32. The highest BCUT2D eigenvalue weighted by Gasteiger charge is 2.14. The Morgan fingerprint density at radius 2 is 1.88 bits per heavy atom.